The number of amides is 1. The zero-order valence-electron chi connectivity index (χ0n) is 14.5. The highest BCUT2D eigenvalue weighted by atomic mass is 16.5. The number of ether oxygens (including phenoxy) is 2. The zero-order chi connectivity index (χ0) is 17.8. The van der Waals surface area contributed by atoms with Crippen LogP contribution < -0.4 is 9.64 Å². The lowest BCUT2D eigenvalue weighted by molar-refractivity contribution is 0.0745. The molecular weight excluding hydrogens is 334 g/mol. The van der Waals surface area contributed by atoms with E-state index in [0.717, 1.165) is 13.0 Å². The number of carbonyl (C=O) groups is 1. The van der Waals surface area contributed by atoms with Gasteiger partial charge in [0, 0.05) is 57.3 Å². The molecule has 2 aliphatic rings. The van der Waals surface area contributed by atoms with E-state index in [1.165, 1.54) is 0 Å². The predicted molar refractivity (Wildman–Crippen MR) is 94.2 cm³/mol. The Morgan fingerprint density at radius 1 is 1.12 bits per heavy atom. The van der Waals surface area contributed by atoms with Gasteiger partial charge in [0.15, 0.2) is 0 Å². The molecule has 0 N–H and O–H groups in total. The third-order valence-electron chi connectivity index (χ3n) is 4.56. The molecule has 2 aromatic rings. The van der Waals surface area contributed by atoms with Crippen molar-refractivity contribution in [2.24, 2.45) is 0 Å². The minimum Gasteiger partial charge on any atom is -0.472 e. The van der Waals surface area contributed by atoms with E-state index in [4.69, 9.17) is 9.47 Å². The van der Waals surface area contributed by atoms with Gasteiger partial charge in [-0.3, -0.25) is 4.79 Å². The van der Waals surface area contributed by atoms with E-state index in [1.54, 1.807) is 36.8 Å². The summed E-state index contributed by atoms with van der Waals surface area (Å²) in [7, 11) is 0. The third-order valence-corrected chi connectivity index (χ3v) is 4.56. The molecule has 2 fully saturated rings. The standard InChI is InChI=1S/C18H21N5O3/c24-17(14-2-3-16(21-12-14)26-15-4-11-25-13-15)22-7-9-23(10-8-22)18-19-5-1-6-20-18/h1-3,5-6,12,15H,4,7-11,13H2/t15-/m0/s1. The molecular formula is C18H21N5O3. The van der Waals surface area contributed by atoms with E-state index < -0.39 is 0 Å². The van der Waals surface area contributed by atoms with Gasteiger partial charge in [-0.25, -0.2) is 15.0 Å². The summed E-state index contributed by atoms with van der Waals surface area (Å²) >= 11 is 0. The first-order chi connectivity index (χ1) is 12.8. The summed E-state index contributed by atoms with van der Waals surface area (Å²) in [4.78, 5) is 29.4. The second kappa shape index (κ2) is 7.65. The van der Waals surface area contributed by atoms with Gasteiger partial charge in [0.05, 0.1) is 18.8 Å². The van der Waals surface area contributed by atoms with Crippen LogP contribution in [0.25, 0.3) is 0 Å². The zero-order valence-corrected chi connectivity index (χ0v) is 14.5. The predicted octanol–water partition coefficient (Wildman–Crippen LogP) is 1.00. The van der Waals surface area contributed by atoms with Gasteiger partial charge in [-0.05, 0) is 12.1 Å². The van der Waals surface area contributed by atoms with Crippen molar-refractivity contribution in [3.8, 4) is 5.88 Å². The topological polar surface area (TPSA) is 80.7 Å². The van der Waals surface area contributed by atoms with Gasteiger partial charge in [0.25, 0.3) is 5.91 Å². The average Bonchev–Trinajstić information content (AvgIpc) is 3.22. The SMILES string of the molecule is O=C(c1ccc(O[C@H]2CCOC2)nc1)N1CCN(c2ncccn2)CC1. The normalized spacial score (nSPS) is 20.2. The van der Waals surface area contributed by atoms with E-state index in [9.17, 15) is 4.79 Å². The van der Waals surface area contributed by atoms with Crippen molar-refractivity contribution < 1.29 is 14.3 Å². The summed E-state index contributed by atoms with van der Waals surface area (Å²) < 4.78 is 11.0. The number of aromatic nitrogens is 3. The molecule has 2 aliphatic heterocycles. The Bertz CT molecular complexity index is 726. The molecule has 0 aliphatic carbocycles. The Morgan fingerprint density at radius 3 is 2.58 bits per heavy atom. The van der Waals surface area contributed by atoms with Crippen LogP contribution in [0.2, 0.25) is 0 Å². The van der Waals surface area contributed by atoms with Crippen LogP contribution in [0, 0.1) is 0 Å². The van der Waals surface area contributed by atoms with Gasteiger partial charge >= 0.3 is 0 Å². The quantitative estimate of drug-likeness (QED) is 0.809. The molecule has 0 aromatic carbocycles. The fourth-order valence-electron chi connectivity index (χ4n) is 3.10. The Labute approximate surface area is 151 Å². The largest absolute Gasteiger partial charge is 0.472 e. The van der Waals surface area contributed by atoms with Gasteiger partial charge < -0.3 is 19.3 Å². The number of rotatable bonds is 4. The van der Waals surface area contributed by atoms with E-state index in [2.05, 4.69) is 19.9 Å². The molecule has 26 heavy (non-hydrogen) atoms. The van der Waals surface area contributed by atoms with E-state index in [-0.39, 0.29) is 12.0 Å². The number of carbonyl (C=O) groups excluding carboxylic acids is 1. The van der Waals surface area contributed by atoms with Crippen molar-refractivity contribution in [1.29, 1.82) is 0 Å². The Kier molecular flexibility index (Phi) is 4.92. The van der Waals surface area contributed by atoms with Crippen LogP contribution >= 0.6 is 0 Å². The summed E-state index contributed by atoms with van der Waals surface area (Å²) in [6, 6.07) is 5.32. The molecule has 0 radical (unpaired) electrons. The second-order valence-corrected chi connectivity index (χ2v) is 6.32. The fourth-order valence-corrected chi connectivity index (χ4v) is 3.10. The lowest BCUT2D eigenvalue weighted by atomic mass is 10.2. The molecule has 4 heterocycles. The molecule has 0 saturated carbocycles. The fraction of sp³-hybridized carbons (Fsp3) is 0.444. The number of hydrogen-bond acceptors (Lipinski definition) is 7. The molecule has 8 nitrogen and oxygen atoms in total. The van der Waals surface area contributed by atoms with E-state index in [0.29, 0.717) is 50.2 Å². The van der Waals surface area contributed by atoms with Gasteiger partial charge in [0.1, 0.15) is 6.10 Å². The third kappa shape index (κ3) is 3.75. The number of hydrogen-bond donors (Lipinski definition) is 0. The Balaban J connectivity index is 1.33. The maximum Gasteiger partial charge on any atom is 0.255 e. The first kappa shape index (κ1) is 16.7. The molecule has 136 valence electrons. The van der Waals surface area contributed by atoms with Crippen LogP contribution in [0.15, 0.2) is 36.8 Å². The van der Waals surface area contributed by atoms with Gasteiger partial charge in [0.2, 0.25) is 11.8 Å². The van der Waals surface area contributed by atoms with Crippen molar-refractivity contribution in [3.05, 3.63) is 42.4 Å². The summed E-state index contributed by atoms with van der Waals surface area (Å²) in [6.45, 7) is 4.01. The highest BCUT2D eigenvalue weighted by molar-refractivity contribution is 5.94. The molecule has 4 rings (SSSR count). The minimum absolute atomic E-state index is 0.0121. The van der Waals surface area contributed by atoms with Crippen molar-refractivity contribution in [1.82, 2.24) is 19.9 Å². The average molecular weight is 355 g/mol. The van der Waals surface area contributed by atoms with Crippen LogP contribution in [0.3, 0.4) is 0 Å². The summed E-state index contributed by atoms with van der Waals surface area (Å²) in [5, 5.41) is 0. The molecule has 0 spiro atoms. The first-order valence-corrected chi connectivity index (χ1v) is 8.81. The van der Waals surface area contributed by atoms with E-state index in [1.807, 2.05) is 4.90 Å². The first-order valence-electron chi connectivity index (χ1n) is 8.81. The van der Waals surface area contributed by atoms with Crippen LogP contribution in [-0.2, 0) is 4.74 Å². The number of anilines is 1. The van der Waals surface area contributed by atoms with Crippen molar-refractivity contribution in [2.75, 3.05) is 44.3 Å². The molecule has 2 aromatic heterocycles. The number of piperazine rings is 1. The molecule has 1 atom stereocenters. The Morgan fingerprint density at radius 2 is 1.92 bits per heavy atom. The molecule has 0 unspecified atom stereocenters. The minimum atomic E-state index is -0.0121. The van der Waals surface area contributed by atoms with Crippen LogP contribution in [0.4, 0.5) is 5.95 Å². The second-order valence-electron chi connectivity index (χ2n) is 6.32. The highest BCUT2D eigenvalue weighted by Crippen LogP contribution is 2.17. The van der Waals surface area contributed by atoms with Gasteiger partial charge in [-0.1, -0.05) is 0 Å². The molecule has 2 saturated heterocycles. The van der Waals surface area contributed by atoms with Crippen LogP contribution in [0.1, 0.15) is 16.8 Å². The van der Waals surface area contributed by atoms with Crippen LogP contribution in [0.5, 0.6) is 5.88 Å². The summed E-state index contributed by atoms with van der Waals surface area (Å²) in [5.74, 6) is 1.23. The van der Waals surface area contributed by atoms with Crippen LogP contribution in [-0.4, -0.2) is 71.3 Å². The maximum absolute atomic E-state index is 12.7. The number of nitrogens with zero attached hydrogens (tertiary/aromatic N) is 5. The maximum atomic E-state index is 12.7. The summed E-state index contributed by atoms with van der Waals surface area (Å²) in [6.07, 6.45) is 5.97. The van der Waals surface area contributed by atoms with Gasteiger partial charge in [-0.2, -0.15) is 0 Å². The van der Waals surface area contributed by atoms with Crippen molar-refractivity contribution in [3.63, 3.8) is 0 Å². The van der Waals surface area contributed by atoms with Crippen molar-refractivity contribution in [2.45, 2.75) is 12.5 Å². The Hall–Kier alpha value is -2.74. The lowest BCUT2D eigenvalue weighted by Gasteiger charge is -2.34. The molecule has 8 heteroatoms. The lowest BCUT2D eigenvalue weighted by Crippen LogP contribution is -2.49. The molecule has 0 bridgehead atoms. The van der Waals surface area contributed by atoms with Crippen molar-refractivity contribution >= 4 is 11.9 Å². The molecule has 1 amide bonds. The monoisotopic (exact) mass is 355 g/mol. The highest BCUT2D eigenvalue weighted by Gasteiger charge is 2.24. The van der Waals surface area contributed by atoms with Gasteiger partial charge in [-0.15, -0.1) is 0 Å². The number of pyridine rings is 1. The summed E-state index contributed by atoms with van der Waals surface area (Å²) in [5.41, 5.74) is 0.574. The smallest absolute Gasteiger partial charge is 0.255 e. The van der Waals surface area contributed by atoms with E-state index >= 15 is 0 Å².